The van der Waals surface area contributed by atoms with Gasteiger partial charge in [0.05, 0.1) is 23.1 Å². The van der Waals surface area contributed by atoms with Crippen LogP contribution in [-0.4, -0.2) is 44.9 Å². The van der Waals surface area contributed by atoms with E-state index in [2.05, 4.69) is 47.8 Å². The van der Waals surface area contributed by atoms with Gasteiger partial charge in [-0.25, -0.2) is 9.48 Å². The van der Waals surface area contributed by atoms with Crippen LogP contribution in [0.2, 0.25) is 5.02 Å². The molecule has 1 aromatic heterocycles. The Hall–Kier alpha value is -5.91. The molecule has 7 rings (SSSR count). The van der Waals surface area contributed by atoms with Crippen molar-refractivity contribution in [3.05, 3.63) is 155 Å². The standard InChI is InChI=1S/C40H32ClN5O3/c41-35-20-18-27(25-42)23-33(35)28-19-21-36-34(24-28)37(43-38(47)29-11-10-22-45(26-29)39(48)49)44-46(36)40(30-12-4-1-5-13-30,31-14-6-2-7-15-31)32-16-8-3-9-17-32/h1-9,12-21,23-24,29H,10-11,22,26H2,(H,48,49)(H,43,44,47)/t29-/m0/s1. The van der Waals surface area contributed by atoms with Crippen molar-refractivity contribution in [1.82, 2.24) is 14.7 Å². The van der Waals surface area contributed by atoms with E-state index in [1.807, 2.05) is 77.5 Å². The van der Waals surface area contributed by atoms with Crippen molar-refractivity contribution in [3.63, 3.8) is 0 Å². The topological polar surface area (TPSA) is 111 Å². The van der Waals surface area contributed by atoms with Crippen LogP contribution < -0.4 is 5.32 Å². The maximum absolute atomic E-state index is 13.9. The molecule has 0 bridgehead atoms. The Kier molecular flexibility index (Phi) is 8.60. The van der Waals surface area contributed by atoms with Gasteiger partial charge in [-0.3, -0.25) is 4.79 Å². The number of halogens is 1. The van der Waals surface area contributed by atoms with E-state index in [0.29, 0.717) is 46.7 Å². The third kappa shape index (κ3) is 5.79. The number of likely N-dealkylation sites (tertiary alicyclic amines) is 1. The zero-order chi connectivity index (χ0) is 34.0. The molecule has 0 unspecified atom stereocenters. The maximum atomic E-state index is 13.9. The van der Waals surface area contributed by atoms with Crippen LogP contribution >= 0.6 is 11.6 Å². The molecule has 0 spiro atoms. The molecule has 2 amide bonds. The van der Waals surface area contributed by atoms with Crippen molar-refractivity contribution in [3.8, 4) is 17.2 Å². The van der Waals surface area contributed by atoms with Gasteiger partial charge in [0.1, 0.15) is 5.54 Å². The van der Waals surface area contributed by atoms with Crippen molar-refractivity contribution in [2.75, 3.05) is 18.4 Å². The molecule has 0 saturated carbocycles. The minimum Gasteiger partial charge on any atom is -0.465 e. The van der Waals surface area contributed by atoms with E-state index in [4.69, 9.17) is 16.7 Å². The molecule has 242 valence electrons. The third-order valence-electron chi connectivity index (χ3n) is 9.28. The molecule has 0 radical (unpaired) electrons. The largest absolute Gasteiger partial charge is 0.465 e. The van der Waals surface area contributed by atoms with Gasteiger partial charge < -0.3 is 15.3 Å². The van der Waals surface area contributed by atoms with Gasteiger partial charge in [0.15, 0.2) is 5.82 Å². The van der Waals surface area contributed by atoms with E-state index in [1.165, 1.54) is 4.90 Å². The second-order valence-electron chi connectivity index (χ2n) is 12.2. The first-order valence-corrected chi connectivity index (χ1v) is 16.5. The Morgan fingerprint density at radius 1 is 0.857 bits per heavy atom. The Morgan fingerprint density at radius 3 is 2.04 bits per heavy atom. The number of nitrogens with one attached hydrogen (secondary N) is 1. The lowest BCUT2D eigenvalue weighted by Crippen LogP contribution is -2.43. The fourth-order valence-electron chi connectivity index (χ4n) is 6.94. The summed E-state index contributed by atoms with van der Waals surface area (Å²) in [4.78, 5) is 27.0. The second-order valence-corrected chi connectivity index (χ2v) is 12.6. The van der Waals surface area contributed by atoms with E-state index >= 15 is 0 Å². The normalized spacial score (nSPS) is 14.7. The summed E-state index contributed by atoms with van der Waals surface area (Å²) in [5.41, 5.74) is 4.59. The summed E-state index contributed by atoms with van der Waals surface area (Å²) in [7, 11) is 0. The molecule has 2 N–H and O–H groups in total. The zero-order valence-electron chi connectivity index (χ0n) is 26.5. The number of piperidine rings is 1. The summed E-state index contributed by atoms with van der Waals surface area (Å²) in [5.74, 6) is -0.483. The monoisotopic (exact) mass is 665 g/mol. The predicted molar refractivity (Wildman–Crippen MR) is 190 cm³/mol. The fourth-order valence-corrected chi connectivity index (χ4v) is 7.16. The number of nitriles is 1. The predicted octanol–water partition coefficient (Wildman–Crippen LogP) is 8.40. The highest BCUT2D eigenvalue weighted by Gasteiger charge is 2.41. The van der Waals surface area contributed by atoms with Crippen molar-refractivity contribution < 1.29 is 14.7 Å². The van der Waals surface area contributed by atoms with E-state index in [9.17, 15) is 20.0 Å². The minimum absolute atomic E-state index is 0.115. The van der Waals surface area contributed by atoms with Crippen LogP contribution in [0.3, 0.4) is 0 Å². The molecule has 6 aromatic rings. The Balaban J connectivity index is 1.49. The molecule has 1 saturated heterocycles. The number of hydrogen-bond donors (Lipinski definition) is 2. The van der Waals surface area contributed by atoms with Crippen LogP contribution in [0.4, 0.5) is 10.6 Å². The molecule has 0 aliphatic carbocycles. The summed E-state index contributed by atoms with van der Waals surface area (Å²) in [6, 6.07) is 43.6. The second kappa shape index (κ2) is 13.3. The number of hydrogen-bond acceptors (Lipinski definition) is 4. The van der Waals surface area contributed by atoms with Crippen molar-refractivity contribution >= 4 is 40.3 Å². The smallest absolute Gasteiger partial charge is 0.407 e. The van der Waals surface area contributed by atoms with Gasteiger partial charge in [-0.05, 0) is 65.4 Å². The molecule has 8 nitrogen and oxygen atoms in total. The highest BCUT2D eigenvalue weighted by atomic mass is 35.5. The van der Waals surface area contributed by atoms with Crippen LogP contribution in [0, 0.1) is 17.2 Å². The number of carbonyl (C=O) groups excluding carboxylic acids is 1. The molecular formula is C40H32ClN5O3. The Bertz CT molecular complexity index is 2100. The van der Waals surface area contributed by atoms with Gasteiger partial charge >= 0.3 is 6.09 Å². The van der Waals surface area contributed by atoms with Gasteiger partial charge in [0.25, 0.3) is 0 Å². The lowest BCUT2D eigenvalue weighted by atomic mass is 9.77. The first kappa shape index (κ1) is 31.7. The minimum atomic E-state index is -1.04. The van der Waals surface area contributed by atoms with Crippen LogP contribution in [0.1, 0.15) is 35.1 Å². The average Bonchev–Trinajstić information content (AvgIpc) is 3.50. The summed E-state index contributed by atoms with van der Waals surface area (Å²) in [6.45, 7) is 0.514. The van der Waals surface area contributed by atoms with Gasteiger partial charge in [-0.1, -0.05) is 109 Å². The zero-order valence-corrected chi connectivity index (χ0v) is 27.2. The third-order valence-corrected chi connectivity index (χ3v) is 9.61. The molecule has 1 aliphatic heterocycles. The lowest BCUT2D eigenvalue weighted by Gasteiger charge is -2.37. The van der Waals surface area contributed by atoms with Crippen LogP contribution in [0.25, 0.3) is 22.0 Å². The number of amides is 2. The molecule has 1 atom stereocenters. The first-order chi connectivity index (χ1) is 23.9. The molecule has 49 heavy (non-hydrogen) atoms. The number of rotatable bonds is 7. The van der Waals surface area contributed by atoms with Crippen LogP contribution in [0.5, 0.6) is 0 Å². The molecule has 9 heteroatoms. The molecular weight excluding hydrogens is 634 g/mol. The van der Waals surface area contributed by atoms with Crippen LogP contribution in [-0.2, 0) is 10.3 Å². The number of anilines is 1. The van der Waals surface area contributed by atoms with Crippen molar-refractivity contribution in [1.29, 1.82) is 5.26 Å². The lowest BCUT2D eigenvalue weighted by molar-refractivity contribution is -0.121. The van der Waals surface area contributed by atoms with Gasteiger partial charge in [0.2, 0.25) is 5.91 Å². The number of nitrogens with zero attached hydrogens (tertiary/aromatic N) is 4. The van der Waals surface area contributed by atoms with Gasteiger partial charge in [0, 0.05) is 29.1 Å². The molecule has 5 aromatic carbocycles. The summed E-state index contributed by atoms with van der Waals surface area (Å²) >= 11 is 6.67. The van der Waals surface area contributed by atoms with E-state index in [1.54, 1.807) is 18.2 Å². The molecule has 1 fully saturated rings. The number of fused-ring (bicyclic) bond motifs is 1. The molecule has 1 aliphatic rings. The van der Waals surface area contributed by atoms with Crippen LogP contribution in [0.15, 0.2) is 127 Å². The Labute approximate surface area is 288 Å². The highest BCUT2D eigenvalue weighted by Crippen LogP contribution is 2.44. The van der Waals surface area contributed by atoms with E-state index in [0.717, 1.165) is 27.8 Å². The number of aromatic nitrogens is 2. The summed E-state index contributed by atoms with van der Waals surface area (Å²) in [6.07, 6.45) is 0.126. The van der Waals surface area contributed by atoms with E-state index in [-0.39, 0.29) is 12.5 Å². The van der Waals surface area contributed by atoms with Crippen molar-refractivity contribution in [2.24, 2.45) is 5.92 Å². The number of carbonyl (C=O) groups is 2. The van der Waals surface area contributed by atoms with Gasteiger partial charge in [-0.15, -0.1) is 0 Å². The first-order valence-electron chi connectivity index (χ1n) is 16.1. The number of benzene rings is 5. The summed E-state index contributed by atoms with van der Waals surface area (Å²) in [5, 5.41) is 28.7. The van der Waals surface area contributed by atoms with E-state index < -0.39 is 17.6 Å². The fraction of sp³-hybridized carbons (Fsp3) is 0.150. The quantitative estimate of drug-likeness (QED) is 0.166. The average molecular weight is 666 g/mol. The highest BCUT2D eigenvalue weighted by molar-refractivity contribution is 6.33. The molecule has 2 heterocycles. The van der Waals surface area contributed by atoms with Gasteiger partial charge in [-0.2, -0.15) is 10.4 Å². The SMILES string of the molecule is N#Cc1ccc(Cl)c(-c2ccc3c(c2)c(NC(=O)[C@H]2CCCN(C(=O)O)C2)nn3C(c2ccccc2)(c2ccccc2)c2ccccc2)c1. The van der Waals surface area contributed by atoms with Crippen molar-refractivity contribution in [2.45, 2.75) is 18.4 Å². The Morgan fingerprint density at radius 2 is 1.47 bits per heavy atom. The summed E-state index contributed by atoms with van der Waals surface area (Å²) < 4.78 is 1.97. The maximum Gasteiger partial charge on any atom is 0.407 e. The number of carboxylic acid groups (broad SMARTS) is 1.